The van der Waals surface area contributed by atoms with Crippen LogP contribution in [-0.4, -0.2) is 46.6 Å². The van der Waals surface area contributed by atoms with E-state index >= 15 is 0 Å². The van der Waals surface area contributed by atoms with Crippen molar-refractivity contribution in [2.75, 3.05) is 25.0 Å². The fourth-order valence-corrected chi connectivity index (χ4v) is 3.89. The molecule has 3 heterocycles. The first-order chi connectivity index (χ1) is 13.6. The number of ether oxygens (including phenoxy) is 1. The number of urea groups is 1. The molecule has 0 unspecified atom stereocenters. The molecule has 1 N–H and O–H groups in total. The zero-order valence-corrected chi connectivity index (χ0v) is 17.1. The van der Waals surface area contributed by atoms with Gasteiger partial charge in [-0.2, -0.15) is 0 Å². The van der Waals surface area contributed by atoms with E-state index in [2.05, 4.69) is 15.3 Å². The summed E-state index contributed by atoms with van der Waals surface area (Å²) in [4.78, 5) is 35.5. The maximum absolute atomic E-state index is 12.4. The van der Waals surface area contributed by atoms with E-state index < -0.39 is 0 Å². The standard InChI is InChI=1S/C19H26N4O4S.H2/c1-3-14-11-20-16(27-14)6-5-15-12-21-18(28-15)22-19(25)23-9-7-13(8-10-23)17(24)26-4-2;/h11-13H,3-10H2,1-2H3,(H,21,22,25);1H. The van der Waals surface area contributed by atoms with Gasteiger partial charge in [0, 0.05) is 38.4 Å². The number of anilines is 1. The molecule has 3 rings (SSSR count). The van der Waals surface area contributed by atoms with E-state index in [0.717, 1.165) is 29.4 Å². The highest BCUT2D eigenvalue weighted by atomic mass is 32.1. The van der Waals surface area contributed by atoms with Crippen molar-refractivity contribution in [1.82, 2.24) is 14.9 Å². The lowest BCUT2D eigenvalue weighted by Crippen LogP contribution is -2.42. The van der Waals surface area contributed by atoms with Gasteiger partial charge in [-0.1, -0.05) is 6.92 Å². The van der Waals surface area contributed by atoms with E-state index in [9.17, 15) is 9.59 Å². The van der Waals surface area contributed by atoms with E-state index in [0.29, 0.717) is 44.1 Å². The number of piperidine rings is 1. The van der Waals surface area contributed by atoms with Crippen LogP contribution in [0, 0.1) is 5.92 Å². The average molecular weight is 409 g/mol. The van der Waals surface area contributed by atoms with Crippen LogP contribution in [0.15, 0.2) is 16.8 Å². The molecule has 2 amide bonds. The van der Waals surface area contributed by atoms with Gasteiger partial charge in [-0.05, 0) is 26.2 Å². The van der Waals surface area contributed by atoms with Crippen molar-refractivity contribution >= 4 is 28.5 Å². The summed E-state index contributed by atoms with van der Waals surface area (Å²) in [5, 5.41) is 3.43. The SMILES string of the molecule is CCOC(=O)C1CCN(C(=O)Nc2ncc(CCc3ncc(CC)o3)s2)CC1.[HH]. The molecule has 2 aromatic rings. The van der Waals surface area contributed by atoms with Gasteiger partial charge < -0.3 is 14.1 Å². The molecule has 8 nitrogen and oxygen atoms in total. The summed E-state index contributed by atoms with van der Waals surface area (Å²) in [5.74, 6) is 1.34. The Bertz CT molecular complexity index is 802. The highest BCUT2D eigenvalue weighted by Gasteiger charge is 2.28. The number of carbonyl (C=O) groups is 2. The summed E-state index contributed by atoms with van der Waals surface area (Å²) in [7, 11) is 0. The molecule has 0 aliphatic carbocycles. The Kier molecular flexibility index (Phi) is 7.02. The van der Waals surface area contributed by atoms with Crippen LogP contribution >= 0.6 is 11.3 Å². The van der Waals surface area contributed by atoms with Crippen molar-refractivity contribution in [1.29, 1.82) is 0 Å². The number of amides is 2. The second-order valence-corrected chi connectivity index (χ2v) is 7.76. The Morgan fingerprint density at radius 1 is 1.29 bits per heavy atom. The normalized spacial score (nSPS) is 14.9. The Morgan fingerprint density at radius 3 is 2.75 bits per heavy atom. The van der Waals surface area contributed by atoms with Gasteiger partial charge in [0.1, 0.15) is 5.76 Å². The predicted octanol–water partition coefficient (Wildman–Crippen LogP) is 3.53. The molecule has 28 heavy (non-hydrogen) atoms. The van der Waals surface area contributed by atoms with Gasteiger partial charge in [0.15, 0.2) is 11.0 Å². The van der Waals surface area contributed by atoms with Gasteiger partial charge in [-0.25, -0.2) is 14.8 Å². The monoisotopic (exact) mass is 408 g/mol. The minimum Gasteiger partial charge on any atom is -0.466 e. The molecule has 1 saturated heterocycles. The van der Waals surface area contributed by atoms with Crippen molar-refractivity contribution in [2.45, 2.75) is 46.0 Å². The molecule has 0 aromatic carbocycles. The number of nitrogens with one attached hydrogen (secondary N) is 1. The Morgan fingerprint density at radius 2 is 2.07 bits per heavy atom. The number of nitrogens with zero attached hydrogens (tertiary/aromatic N) is 3. The number of hydrogen-bond donors (Lipinski definition) is 1. The zero-order valence-electron chi connectivity index (χ0n) is 16.3. The molecule has 2 aromatic heterocycles. The Labute approximate surface area is 169 Å². The number of aromatic nitrogens is 2. The number of rotatable bonds is 7. The summed E-state index contributed by atoms with van der Waals surface area (Å²) < 4.78 is 10.7. The first-order valence-corrected chi connectivity index (χ1v) is 10.5. The molecule has 0 spiro atoms. The van der Waals surface area contributed by atoms with Gasteiger partial charge in [0.25, 0.3) is 0 Å². The van der Waals surface area contributed by atoms with E-state index in [1.54, 1.807) is 24.2 Å². The van der Waals surface area contributed by atoms with Gasteiger partial charge in [-0.15, -0.1) is 11.3 Å². The molecule has 0 atom stereocenters. The minimum atomic E-state index is -0.177. The maximum Gasteiger partial charge on any atom is 0.323 e. The lowest BCUT2D eigenvalue weighted by Gasteiger charge is -2.30. The fraction of sp³-hybridized carbons (Fsp3) is 0.579. The summed E-state index contributed by atoms with van der Waals surface area (Å²) >= 11 is 1.46. The average Bonchev–Trinajstić information content (AvgIpc) is 3.35. The number of hydrogen-bond acceptors (Lipinski definition) is 7. The third kappa shape index (κ3) is 5.31. The van der Waals surface area contributed by atoms with Crippen LogP contribution in [0.3, 0.4) is 0 Å². The summed E-state index contributed by atoms with van der Waals surface area (Å²) in [6.45, 7) is 5.30. The van der Waals surface area contributed by atoms with Gasteiger partial charge in [0.05, 0.1) is 18.7 Å². The maximum atomic E-state index is 12.4. The number of esters is 1. The molecule has 1 aliphatic rings. The van der Waals surface area contributed by atoms with E-state index in [1.807, 2.05) is 6.92 Å². The van der Waals surface area contributed by atoms with E-state index in [1.165, 1.54) is 11.3 Å². The number of carbonyl (C=O) groups excluding carboxylic acids is 2. The third-order valence-electron chi connectivity index (χ3n) is 4.70. The van der Waals surface area contributed by atoms with E-state index in [-0.39, 0.29) is 19.3 Å². The van der Waals surface area contributed by atoms with E-state index in [4.69, 9.17) is 9.15 Å². The van der Waals surface area contributed by atoms with Crippen LogP contribution in [0.2, 0.25) is 0 Å². The first kappa shape index (κ1) is 20.3. The zero-order chi connectivity index (χ0) is 19.9. The molecule has 1 fully saturated rings. The van der Waals surface area contributed by atoms with Crippen molar-refractivity contribution in [3.05, 3.63) is 28.9 Å². The number of likely N-dealkylation sites (tertiary alicyclic amines) is 1. The van der Waals surface area contributed by atoms with Gasteiger partial charge >= 0.3 is 12.0 Å². The summed E-state index contributed by atoms with van der Waals surface area (Å²) in [6.07, 6.45) is 7.10. The first-order valence-electron chi connectivity index (χ1n) is 9.69. The van der Waals surface area contributed by atoms with Gasteiger partial charge in [-0.3, -0.25) is 10.1 Å². The molecule has 0 saturated carbocycles. The number of aryl methyl sites for hydroxylation is 3. The van der Waals surface area contributed by atoms with Crippen LogP contribution in [-0.2, 0) is 28.8 Å². The largest absolute Gasteiger partial charge is 0.466 e. The lowest BCUT2D eigenvalue weighted by atomic mass is 9.97. The van der Waals surface area contributed by atoms with Crippen LogP contribution in [0.25, 0.3) is 0 Å². The number of oxazole rings is 1. The molecule has 9 heteroatoms. The van der Waals surface area contributed by atoms with Crippen molar-refractivity contribution in [3.8, 4) is 0 Å². The summed E-state index contributed by atoms with van der Waals surface area (Å²) in [5.41, 5.74) is 0. The molecular formula is C19H28N4O4S. The molecular weight excluding hydrogens is 380 g/mol. The topological polar surface area (TPSA) is 97.6 Å². The van der Waals surface area contributed by atoms with Crippen LogP contribution in [0.4, 0.5) is 9.93 Å². The molecule has 154 valence electrons. The second kappa shape index (κ2) is 9.68. The highest BCUT2D eigenvalue weighted by Crippen LogP contribution is 2.23. The second-order valence-electron chi connectivity index (χ2n) is 6.65. The predicted molar refractivity (Wildman–Crippen MR) is 107 cm³/mol. The van der Waals surface area contributed by atoms with Crippen LogP contribution in [0.5, 0.6) is 0 Å². The van der Waals surface area contributed by atoms with Crippen LogP contribution < -0.4 is 5.32 Å². The molecule has 0 radical (unpaired) electrons. The quantitative estimate of drug-likeness (QED) is 0.704. The lowest BCUT2D eigenvalue weighted by molar-refractivity contribution is -0.149. The third-order valence-corrected chi connectivity index (χ3v) is 5.68. The Hall–Kier alpha value is -2.42. The molecule has 0 bridgehead atoms. The van der Waals surface area contributed by atoms with Gasteiger partial charge in [0.2, 0.25) is 0 Å². The van der Waals surface area contributed by atoms with Crippen molar-refractivity contribution in [3.63, 3.8) is 0 Å². The summed E-state index contributed by atoms with van der Waals surface area (Å²) in [6, 6.07) is -0.177. The smallest absolute Gasteiger partial charge is 0.323 e. The minimum absolute atomic E-state index is 0. The fourth-order valence-electron chi connectivity index (χ4n) is 3.09. The Balaban J connectivity index is 0.00000300. The highest BCUT2D eigenvalue weighted by molar-refractivity contribution is 7.15. The van der Waals surface area contributed by atoms with Crippen molar-refractivity contribution in [2.24, 2.45) is 5.92 Å². The van der Waals surface area contributed by atoms with Crippen molar-refractivity contribution < 1.29 is 20.2 Å². The number of thiazole rings is 1. The molecule has 1 aliphatic heterocycles. The van der Waals surface area contributed by atoms with Crippen LogP contribution in [0.1, 0.15) is 44.6 Å².